The van der Waals surface area contributed by atoms with Crippen LogP contribution in [-0.4, -0.2) is 50.4 Å². The summed E-state index contributed by atoms with van der Waals surface area (Å²) in [6, 6.07) is 22.7. The molecule has 0 unspecified atom stereocenters. The van der Waals surface area contributed by atoms with Crippen molar-refractivity contribution in [2.24, 2.45) is 0 Å². The molecule has 5 rings (SSSR count). The number of carbonyl (C=O) groups excluding carboxylic acids is 1. The van der Waals surface area contributed by atoms with Gasteiger partial charge in [0.05, 0.1) is 4.90 Å². The maximum Gasteiger partial charge on any atom is 0.254 e. The third-order valence-electron chi connectivity index (χ3n) is 5.83. The van der Waals surface area contributed by atoms with Crippen LogP contribution in [0.5, 0.6) is 0 Å². The summed E-state index contributed by atoms with van der Waals surface area (Å²) in [5.41, 5.74) is 0.931. The number of amides is 1. The molecule has 0 spiro atoms. The van der Waals surface area contributed by atoms with Crippen LogP contribution in [0.4, 0.5) is 10.3 Å². The summed E-state index contributed by atoms with van der Waals surface area (Å²) < 4.78 is 46.6. The number of nitrogens with zero attached hydrogens (tertiary/aromatic N) is 3. The molecule has 7 nitrogen and oxygen atoms in total. The number of aromatic nitrogens is 1. The number of piperazine rings is 1. The predicted molar refractivity (Wildman–Crippen MR) is 128 cm³/mol. The van der Waals surface area contributed by atoms with Crippen LogP contribution >= 0.6 is 0 Å². The predicted octanol–water partition coefficient (Wildman–Crippen LogP) is 4.28. The summed E-state index contributed by atoms with van der Waals surface area (Å²) in [5, 5.41) is -0.160. The van der Waals surface area contributed by atoms with Crippen molar-refractivity contribution in [3.05, 3.63) is 96.3 Å². The first-order valence-electron chi connectivity index (χ1n) is 11.1. The average molecular weight is 492 g/mol. The van der Waals surface area contributed by atoms with E-state index in [0.29, 0.717) is 31.7 Å². The smallest absolute Gasteiger partial charge is 0.254 e. The van der Waals surface area contributed by atoms with Gasteiger partial charge in [0.2, 0.25) is 26.6 Å². The molecule has 178 valence electrons. The highest BCUT2D eigenvalue weighted by Gasteiger charge is 2.33. The molecule has 2 heterocycles. The first-order chi connectivity index (χ1) is 16.9. The summed E-state index contributed by atoms with van der Waals surface area (Å²) in [4.78, 5) is 20.7. The molecular formula is C26H22FN3O4S. The van der Waals surface area contributed by atoms with Gasteiger partial charge in [-0.25, -0.2) is 12.8 Å². The van der Waals surface area contributed by atoms with E-state index in [1.807, 2.05) is 18.2 Å². The minimum Gasteiger partial charge on any atom is -0.419 e. The van der Waals surface area contributed by atoms with Crippen molar-refractivity contribution in [2.75, 3.05) is 31.1 Å². The summed E-state index contributed by atoms with van der Waals surface area (Å²) in [6.45, 7) is 1.31. The van der Waals surface area contributed by atoms with Crippen LogP contribution in [0, 0.1) is 5.82 Å². The van der Waals surface area contributed by atoms with Crippen molar-refractivity contribution in [2.45, 2.75) is 9.92 Å². The topological polar surface area (TPSA) is 83.7 Å². The van der Waals surface area contributed by atoms with E-state index in [9.17, 15) is 17.6 Å². The fraction of sp³-hybridized carbons (Fsp3) is 0.154. The van der Waals surface area contributed by atoms with Gasteiger partial charge in [0.1, 0.15) is 5.82 Å². The van der Waals surface area contributed by atoms with E-state index in [0.717, 1.165) is 0 Å². The van der Waals surface area contributed by atoms with Crippen LogP contribution in [-0.2, 0) is 9.84 Å². The van der Waals surface area contributed by atoms with Gasteiger partial charge in [0.25, 0.3) is 5.91 Å². The van der Waals surface area contributed by atoms with Crippen molar-refractivity contribution in [3.63, 3.8) is 0 Å². The Labute approximate surface area is 202 Å². The molecule has 0 atom stereocenters. The normalized spacial score (nSPS) is 14.2. The van der Waals surface area contributed by atoms with Gasteiger partial charge in [-0.15, -0.1) is 0 Å². The number of anilines is 1. The highest BCUT2D eigenvalue weighted by Crippen LogP contribution is 2.35. The summed E-state index contributed by atoms with van der Waals surface area (Å²) in [7, 11) is -3.95. The highest BCUT2D eigenvalue weighted by atomic mass is 32.2. The van der Waals surface area contributed by atoms with E-state index < -0.39 is 15.7 Å². The summed E-state index contributed by atoms with van der Waals surface area (Å²) in [5.74, 6) is -0.400. The number of sulfone groups is 1. The molecule has 35 heavy (non-hydrogen) atoms. The number of hydrogen-bond acceptors (Lipinski definition) is 6. The molecule has 1 aliphatic heterocycles. The standard InChI is InChI=1S/C26H22FN3O4S/c27-21-11-7-10-20(18-21)25(31)29-14-16-30(17-15-29)26-24(35(32,33)22-12-5-2-6-13-22)28-23(34-26)19-8-3-1-4-9-19/h1-13,18H,14-17H2. The van der Waals surface area contributed by atoms with E-state index in [-0.39, 0.29) is 33.2 Å². The minimum absolute atomic E-state index is 0.120. The number of rotatable bonds is 5. The van der Waals surface area contributed by atoms with Crippen LogP contribution in [0.15, 0.2) is 99.3 Å². The lowest BCUT2D eigenvalue weighted by atomic mass is 10.2. The molecule has 9 heteroatoms. The van der Waals surface area contributed by atoms with Crippen molar-refractivity contribution in [3.8, 4) is 11.5 Å². The Morgan fingerprint density at radius 3 is 2.17 bits per heavy atom. The molecule has 0 bridgehead atoms. The van der Waals surface area contributed by atoms with Crippen LogP contribution in [0.2, 0.25) is 0 Å². The first-order valence-corrected chi connectivity index (χ1v) is 12.6. The Hall–Kier alpha value is -3.98. The van der Waals surface area contributed by atoms with Gasteiger partial charge in [0.15, 0.2) is 0 Å². The second-order valence-corrected chi connectivity index (χ2v) is 9.97. The highest BCUT2D eigenvalue weighted by molar-refractivity contribution is 7.91. The number of carbonyl (C=O) groups is 1. The molecule has 0 N–H and O–H groups in total. The molecule has 1 fully saturated rings. The van der Waals surface area contributed by atoms with Crippen molar-refractivity contribution < 1.29 is 22.0 Å². The van der Waals surface area contributed by atoms with E-state index in [1.165, 1.54) is 30.3 Å². The molecule has 1 aromatic heterocycles. The van der Waals surface area contributed by atoms with E-state index >= 15 is 0 Å². The fourth-order valence-electron chi connectivity index (χ4n) is 4.01. The van der Waals surface area contributed by atoms with E-state index in [2.05, 4.69) is 4.98 Å². The Bertz CT molecular complexity index is 1450. The maximum atomic E-state index is 13.6. The Kier molecular flexibility index (Phi) is 6.08. The SMILES string of the molecule is O=C(c1cccc(F)c1)N1CCN(c2oc(-c3ccccc3)nc2S(=O)(=O)c2ccccc2)CC1. The average Bonchev–Trinajstić information content (AvgIpc) is 3.36. The minimum atomic E-state index is -3.95. The summed E-state index contributed by atoms with van der Waals surface area (Å²) in [6.07, 6.45) is 0. The molecule has 3 aromatic carbocycles. The van der Waals surface area contributed by atoms with Gasteiger partial charge >= 0.3 is 0 Å². The lowest BCUT2D eigenvalue weighted by Crippen LogP contribution is -2.49. The third-order valence-corrected chi connectivity index (χ3v) is 7.50. The number of halogens is 1. The zero-order valence-corrected chi connectivity index (χ0v) is 19.5. The van der Waals surface area contributed by atoms with Crippen molar-refractivity contribution in [1.82, 2.24) is 9.88 Å². The number of oxazole rings is 1. The molecular weight excluding hydrogens is 469 g/mol. The molecule has 1 amide bonds. The van der Waals surface area contributed by atoms with Crippen molar-refractivity contribution in [1.29, 1.82) is 0 Å². The molecule has 1 saturated heterocycles. The second kappa shape index (κ2) is 9.34. The Morgan fingerprint density at radius 2 is 1.51 bits per heavy atom. The van der Waals surface area contributed by atoms with Crippen LogP contribution in [0.1, 0.15) is 10.4 Å². The van der Waals surface area contributed by atoms with Crippen LogP contribution < -0.4 is 4.90 Å². The monoisotopic (exact) mass is 491 g/mol. The van der Waals surface area contributed by atoms with Gasteiger partial charge in [-0.2, -0.15) is 4.98 Å². The molecule has 1 aliphatic rings. The Balaban J connectivity index is 1.45. The number of hydrogen-bond donors (Lipinski definition) is 0. The van der Waals surface area contributed by atoms with Gasteiger partial charge in [0, 0.05) is 37.3 Å². The lowest BCUT2D eigenvalue weighted by molar-refractivity contribution is 0.0744. The molecule has 4 aromatic rings. The second-order valence-electron chi connectivity index (χ2n) is 8.10. The van der Waals surface area contributed by atoms with E-state index in [1.54, 1.807) is 46.2 Å². The van der Waals surface area contributed by atoms with Crippen molar-refractivity contribution >= 4 is 21.6 Å². The maximum absolute atomic E-state index is 13.6. The zero-order chi connectivity index (χ0) is 24.4. The van der Waals surface area contributed by atoms with E-state index in [4.69, 9.17) is 4.42 Å². The largest absolute Gasteiger partial charge is 0.419 e. The number of benzene rings is 3. The van der Waals surface area contributed by atoms with Gasteiger partial charge < -0.3 is 14.2 Å². The van der Waals surface area contributed by atoms with Gasteiger partial charge in [-0.3, -0.25) is 4.79 Å². The third kappa shape index (κ3) is 4.54. The lowest BCUT2D eigenvalue weighted by Gasteiger charge is -2.34. The zero-order valence-electron chi connectivity index (χ0n) is 18.7. The van der Waals surface area contributed by atoms with Gasteiger partial charge in [-0.05, 0) is 42.5 Å². The quantitative estimate of drug-likeness (QED) is 0.415. The first kappa shape index (κ1) is 22.8. The van der Waals surface area contributed by atoms with Crippen LogP contribution in [0.3, 0.4) is 0 Å². The summed E-state index contributed by atoms with van der Waals surface area (Å²) >= 11 is 0. The fourth-order valence-corrected chi connectivity index (χ4v) is 5.35. The van der Waals surface area contributed by atoms with Crippen LogP contribution in [0.25, 0.3) is 11.5 Å². The Morgan fingerprint density at radius 1 is 0.857 bits per heavy atom. The van der Waals surface area contributed by atoms with Gasteiger partial charge in [-0.1, -0.05) is 42.5 Å². The molecule has 0 radical (unpaired) electrons. The molecule has 0 aliphatic carbocycles. The molecule has 0 saturated carbocycles.